The Morgan fingerprint density at radius 1 is 0.571 bits per heavy atom. The van der Waals surface area contributed by atoms with Crippen molar-refractivity contribution in [2.75, 3.05) is 0 Å². The van der Waals surface area contributed by atoms with Gasteiger partial charge in [-0.05, 0) is 15.9 Å². The molecular formula is C4Br9O. The molecule has 1 radical (unpaired) electrons. The SMILES string of the molecule is [O]C(Br)(C(Br)(Br)Br)C(Br)(Br)C(Br)(Br)Br. The van der Waals surface area contributed by atoms with Gasteiger partial charge in [-0.3, -0.25) is 0 Å². The van der Waals surface area contributed by atoms with E-state index in [4.69, 9.17) is 0 Å². The smallest absolute Gasteiger partial charge is 0.211 e. The Kier molecular flexibility index (Phi) is 7.48. The third-order valence-electron chi connectivity index (χ3n) is 1.12. The number of alkyl halides is 9. The first-order chi connectivity index (χ1) is 5.75. The molecule has 14 heavy (non-hydrogen) atoms. The predicted molar refractivity (Wildman–Crippen MR) is 92.0 cm³/mol. The molecule has 1 atom stereocenters. The summed E-state index contributed by atoms with van der Waals surface area (Å²) in [5.41, 5.74) is 0. The maximum absolute atomic E-state index is 12.4. The van der Waals surface area contributed by atoms with Crippen molar-refractivity contribution in [1.29, 1.82) is 0 Å². The Balaban J connectivity index is 5.30. The first-order valence-electron chi connectivity index (χ1n) is 2.65. The van der Waals surface area contributed by atoms with Crippen molar-refractivity contribution in [1.82, 2.24) is 0 Å². The average molecular weight is 783 g/mol. The fourth-order valence-electron chi connectivity index (χ4n) is 0.360. The molecule has 0 saturated carbocycles. The van der Waals surface area contributed by atoms with Crippen molar-refractivity contribution in [3.05, 3.63) is 0 Å². The molecular weight excluding hydrogens is 783 g/mol. The molecule has 0 rings (SSSR count). The van der Waals surface area contributed by atoms with E-state index in [0.29, 0.717) is 0 Å². The van der Waals surface area contributed by atoms with E-state index in [-0.39, 0.29) is 0 Å². The normalized spacial score (nSPS) is 19.3. The second kappa shape index (κ2) is 5.73. The molecule has 1 nitrogen and oxygen atoms in total. The maximum atomic E-state index is 12.4. The first-order valence-corrected chi connectivity index (χ1v) is 9.79. The van der Waals surface area contributed by atoms with Crippen molar-refractivity contribution < 1.29 is 5.11 Å². The molecule has 0 fully saturated rings. The van der Waals surface area contributed by atoms with Crippen LogP contribution in [0.25, 0.3) is 0 Å². The van der Waals surface area contributed by atoms with Crippen molar-refractivity contribution in [3.63, 3.8) is 0 Å². The largest absolute Gasteiger partial charge is 0.220 e. The fourth-order valence-corrected chi connectivity index (χ4v) is 5.38. The van der Waals surface area contributed by atoms with Crippen LogP contribution in [-0.2, 0) is 5.11 Å². The van der Waals surface area contributed by atoms with Crippen LogP contribution >= 0.6 is 143 Å². The Morgan fingerprint density at radius 3 is 0.929 bits per heavy atom. The molecule has 0 spiro atoms. The van der Waals surface area contributed by atoms with Gasteiger partial charge in [0.2, 0.25) is 4.51 Å². The molecule has 0 aliphatic rings. The second-order valence-electron chi connectivity index (χ2n) is 2.17. The molecule has 85 valence electrons. The summed E-state index contributed by atoms with van der Waals surface area (Å²) < 4.78 is -4.65. The van der Waals surface area contributed by atoms with Gasteiger partial charge < -0.3 is 0 Å². The van der Waals surface area contributed by atoms with Gasteiger partial charge in [-0.2, -0.15) is 0 Å². The minimum atomic E-state index is -1.68. The highest BCUT2D eigenvalue weighted by Crippen LogP contribution is 2.66. The molecule has 0 aliphatic heterocycles. The summed E-state index contributed by atoms with van der Waals surface area (Å²) in [5.74, 6) is 0. The van der Waals surface area contributed by atoms with Gasteiger partial charge in [-0.15, -0.1) is 0 Å². The van der Waals surface area contributed by atoms with Crippen molar-refractivity contribution in [2.24, 2.45) is 0 Å². The number of rotatable bonds is 1. The van der Waals surface area contributed by atoms with Gasteiger partial charge in [-0.25, -0.2) is 5.11 Å². The Bertz CT molecular complexity index is 186. The van der Waals surface area contributed by atoms with Crippen LogP contribution in [0, 0.1) is 0 Å². The van der Waals surface area contributed by atoms with E-state index in [9.17, 15) is 5.11 Å². The van der Waals surface area contributed by atoms with Gasteiger partial charge in [0.05, 0.1) is 0 Å². The number of hydrogen-bond acceptors (Lipinski definition) is 0. The zero-order valence-corrected chi connectivity index (χ0v) is 20.1. The second-order valence-corrected chi connectivity index (χ2v) is 20.2. The lowest BCUT2D eigenvalue weighted by molar-refractivity contribution is 0.0700. The van der Waals surface area contributed by atoms with Gasteiger partial charge in [0.15, 0.2) is 7.52 Å². The lowest BCUT2D eigenvalue weighted by Gasteiger charge is -2.42. The minimum Gasteiger partial charge on any atom is -0.211 e. The van der Waals surface area contributed by atoms with Crippen molar-refractivity contribution >= 4 is 143 Å². The third kappa shape index (κ3) is 3.88. The summed E-state index contributed by atoms with van der Waals surface area (Å²) in [5, 5.41) is 12.4. The lowest BCUT2D eigenvalue weighted by atomic mass is 10.3. The molecule has 0 N–H and O–H groups in total. The van der Waals surface area contributed by atoms with Crippen LogP contribution in [0.4, 0.5) is 0 Å². The molecule has 10 heteroatoms. The monoisotopic (exact) mass is 774 g/mol. The van der Waals surface area contributed by atoms with Crippen LogP contribution in [-0.4, -0.2) is 12.0 Å². The highest BCUT2D eigenvalue weighted by molar-refractivity contribution is 9.42. The first kappa shape index (κ1) is 18.3. The topological polar surface area (TPSA) is 19.9 Å². The quantitative estimate of drug-likeness (QED) is 0.265. The molecule has 0 bridgehead atoms. The van der Waals surface area contributed by atoms with Crippen molar-refractivity contribution in [3.8, 4) is 0 Å². The predicted octanol–water partition coefficient (Wildman–Crippen LogP) is 6.67. The minimum absolute atomic E-state index is 0.841. The Hall–Kier alpha value is 4.28. The molecule has 0 heterocycles. The van der Waals surface area contributed by atoms with Gasteiger partial charge in [0, 0.05) is 0 Å². The molecule has 0 aromatic carbocycles. The fraction of sp³-hybridized carbons (Fsp3) is 1.00. The standard InChI is InChI=1S/C4Br9O/c5-1(6,3(8,9)10)2(7,14)4(11,12)13. The maximum Gasteiger partial charge on any atom is 0.220 e. The molecule has 1 unspecified atom stereocenters. The zero-order chi connectivity index (χ0) is 12.0. The van der Waals surface area contributed by atoms with E-state index in [1.54, 1.807) is 0 Å². The highest BCUT2D eigenvalue weighted by atomic mass is 80.0. The van der Waals surface area contributed by atoms with E-state index >= 15 is 0 Å². The van der Waals surface area contributed by atoms with Gasteiger partial charge in [-0.1, -0.05) is 127 Å². The summed E-state index contributed by atoms with van der Waals surface area (Å²) >= 11 is 29.0. The Morgan fingerprint density at radius 2 is 0.857 bits per heavy atom. The molecule has 0 amide bonds. The van der Waals surface area contributed by atoms with Gasteiger partial charge >= 0.3 is 0 Å². The summed E-state index contributed by atoms with van der Waals surface area (Å²) in [6.45, 7) is 0. The van der Waals surface area contributed by atoms with Crippen molar-refractivity contribution in [2.45, 2.75) is 12.0 Å². The van der Waals surface area contributed by atoms with Gasteiger partial charge in [0.1, 0.15) is 0 Å². The van der Waals surface area contributed by atoms with E-state index in [0.717, 1.165) is 0 Å². The van der Waals surface area contributed by atoms with E-state index in [1.807, 2.05) is 0 Å². The summed E-state index contributed by atoms with van der Waals surface area (Å²) in [7, 11) is 0. The van der Waals surface area contributed by atoms with E-state index < -0.39 is 12.0 Å². The van der Waals surface area contributed by atoms with Crippen LogP contribution in [0.5, 0.6) is 0 Å². The Labute approximate surface area is 157 Å². The lowest BCUT2D eigenvalue weighted by Crippen LogP contribution is -2.54. The third-order valence-corrected chi connectivity index (χ3v) is 13.9. The van der Waals surface area contributed by atoms with Crippen LogP contribution in [0.3, 0.4) is 0 Å². The zero-order valence-electron chi connectivity index (χ0n) is 5.81. The van der Waals surface area contributed by atoms with E-state index in [1.165, 1.54) is 0 Å². The van der Waals surface area contributed by atoms with Gasteiger partial charge in [0.25, 0.3) is 0 Å². The summed E-state index contributed by atoms with van der Waals surface area (Å²) in [6.07, 6.45) is 0. The highest BCUT2D eigenvalue weighted by Gasteiger charge is 2.66. The van der Waals surface area contributed by atoms with E-state index in [2.05, 4.69) is 143 Å². The van der Waals surface area contributed by atoms with Crippen LogP contribution in [0.1, 0.15) is 0 Å². The molecule has 0 aromatic heterocycles. The summed E-state index contributed by atoms with van der Waals surface area (Å²) in [4.78, 5) is 0. The van der Waals surface area contributed by atoms with Crippen LogP contribution in [0.15, 0.2) is 0 Å². The van der Waals surface area contributed by atoms with Crippen LogP contribution < -0.4 is 0 Å². The number of hydrogen-bond donors (Lipinski definition) is 0. The number of halogens is 9. The average Bonchev–Trinajstić information content (AvgIpc) is 1.81. The molecule has 0 aliphatic carbocycles. The molecule has 0 saturated heterocycles. The van der Waals surface area contributed by atoms with Crippen LogP contribution in [0.2, 0.25) is 0 Å². The molecule has 0 aromatic rings. The summed E-state index contributed by atoms with van der Waals surface area (Å²) in [6, 6.07) is 0.